The maximum absolute atomic E-state index is 9.56. The van der Waals surface area contributed by atoms with E-state index in [0.29, 0.717) is 11.3 Å². The van der Waals surface area contributed by atoms with Crippen LogP contribution < -0.4 is 11.5 Å². The lowest BCUT2D eigenvalue weighted by molar-refractivity contribution is 0.187. The Bertz CT molecular complexity index is 733. The number of nitrogens with one attached hydrogen (secondary N) is 1. The average Bonchev–Trinajstić information content (AvgIpc) is 2.86. The van der Waals surface area contributed by atoms with Crippen molar-refractivity contribution in [1.29, 1.82) is 0 Å². The quantitative estimate of drug-likeness (QED) is 0.413. The first-order valence-electron chi connectivity index (χ1n) is 5.92. The SMILES string of the molecule is Nc1cccc(-c2ccc(C(N)O)c3[nH]ncc23)c1. The van der Waals surface area contributed by atoms with Crippen LogP contribution in [-0.4, -0.2) is 15.3 Å². The zero-order chi connectivity index (χ0) is 13.4. The third-order valence-corrected chi connectivity index (χ3v) is 3.16. The molecule has 1 aromatic heterocycles. The number of anilines is 1. The van der Waals surface area contributed by atoms with E-state index < -0.39 is 6.23 Å². The topological polar surface area (TPSA) is 101 Å². The predicted octanol–water partition coefficient (Wildman–Crippen LogP) is 1.76. The molecule has 2 aromatic carbocycles. The van der Waals surface area contributed by atoms with Gasteiger partial charge in [-0.2, -0.15) is 5.10 Å². The van der Waals surface area contributed by atoms with Crippen molar-refractivity contribution in [3.05, 3.63) is 48.2 Å². The molecule has 5 nitrogen and oxygen atoms in total. The summed E-state index contributed by atoms with van der Waals surface area (Å²) in [5.41, 5.74) is 15.4. The summed E-state index contributed by atoms with van der Waals surface area (Å²) < 4.78 is 0. The number of aliphatic hydroxyl groups is 1. The lowest BCUT2D eigenvalue weighted by Crippen LogP contribution is -2.09. The van der Waals surface area contributed by atoms with E-state index in [-0.39, 0.29) is 0 Å². The molecule has 6 N–H and O–H groups in total. The lowest BCUT2D eigenvalue weighted by atomic mass is 9.98. The fourth-order valence-electron chi connectivity index (χ4n) is 2.26. The summed E-state index contributed by atoms with van der Waals surface area (Å²) in [7, 11) is 0. The van der Waals surface area contributed by atoms with Gasteiger partial charge >= 0.3 is 0 Å². The zero-order valence-electron chi connectivity index (χ0n) is 10.2. The molecule has 0 aliphatic carbocycles. The molecule has 0 saturated carbocycles. The Morgan fingerprint density at radius 2 is 2.05 bits per heavy atom. The Morgan fingerprint density at radius 3 is 2.79 bits per heavy atom. The molecule has 1 unspecified atom stereocenters. The van der Waals surface area contributed by atoms with Crippen LogP contribution in [-0.2, 0) is 0 Å². The van der Waals surface area contributed by atoms with Gasteiger partial charge in [0.1, 0.15) is 6.23 Å². The van der Waals surface area contributed by atoms with Gasteiger partial charge in [0, 0.05) is 16.6 Å². The summed E-state index contributed by atoms with van der Waals surface area (Å²) in [4.78, 5) is 0. The molecule has 19 heavy (non-hydrogen) atoms. The monoisotopic (exact) mass is 254 g/mol. The van der Waals surface area contributed by atoms with Crippen LogP contribution in [0.2, 0.25) is 0 Å². The Kier molecular flexibility index (Phi) is 2.70. The zero-order valence-corrected chi connectivity index (χ0v) is 10.2. The molecule has 3 aromatic rings. The van der Waals surface area contributed by atoms with Crippen LogP contribution in [0.1, 0.15) is 11.8 Å². The van der Waals surface area contributed by atoms with E-state index in [1.165, 1.54) is 0 Å². The molecule has 96 valence electrons. The smallest absolute Gasteiger partial charge is 0.130 e. The highest BCUT2D eigenvalue weighted by Gasteiger charge is 2.12. The highest BCUT2D eigenvalue weighted by Crippen LogP contribution is 2.31. The second-order valence-electron chi connectivity index (χ2n) is 4.43. The van der Waals surface area contributed by atoms with Gasteiger partial charge in [0.25, 0.3) is 0 Å². The molecule has 1 heterocycles. The molecule has 0 spiro atoms. The number of rotatable bonds is 2. The molecule has 0 aliphatic heterocycles. The fraction of sp³-hybridized carbons (Fsp3) is 0.0714. The van der Waals surface area contributed by atoms with E-state index in [2.05, 4.69) is 10.2 Å². The van der Waals surface area contributed by atoms with Crippen LogP contribution in [0.4, 0.5) is 5.69 Å². The van der Waals surface area contributed by atoms with Crippen LogP contribution in [0.3, 0.4) is 0 Å². The van der Waals surface area contributed by atoms with Gasteiger partial charge in [-0.15, -0.1) is 0 Å². The molecule has 0 amide bonds. The fourth-order valence-corrected chi connectivity index (χ4v) is 2.26. The number of aromatic amines is 1. The first-order chi connectivity index (χ1) is 9.16. The van der Waals surface area contributed by atoms with Crippen molar-refractivity contribution in [3.63, 3.8) is 0 Å². The van der Waals surface area contributed by atoms with Crippen LogP contribution in [0.5, 0.6) is 0 Å². The second-order valence-corrected chi connectivity index (χ2v) is 4.43. The van der Waals surface area contributed by atoms with Gasteiger partial charge in [-0.3, -0.25) is 5.10 Å². The van der Waals surface area contributed by atoms with Gasteiger partial charge in [-0.1, -0.05) is 24.3 Å². The summed E-state index contributed by atoms with van der Waals surface area (Å²) in [6, 6.07) is 11.3. The van der Waals surface area contributed by atoms with E-state index in [0.717, 1.165) is 22.0 Å². The minimum absolute atomic E-state index is 0.625. The molecule has 0 fully saturated rings. The van der Waals surface area contributed by atoms with Gasteiger partial charge in [-0.25, -0.2) is 0 Å². The van der Waals surface area contributed by atoms with Crippen molar-refractivity contribution in [2.24, 2.45) is 5.73 Å². The number of hydrogen-bond acceptors (Lipinski definition) is 4. The Balaban J connectivity index is 2.26. The highest BCUT2D eigenvalue weighted by molar-refractivity contribution is 5.96. The van der Waals surface area contributed by atoms with Gasteiger partial charge in [0.05, 0.1) is 11.7 Å². The number of fused-ring (bicyclic) bond motifs is 1. The van der Waals surface area contributed by atoms with Crippen LogP contribution in [0, 0.1) is 0 Å². The van der Waals surface area contributed by atoms with Crippen molar-refractivity contribution in [2.45, 2.75) is 6.23 Å². The highest BCUT2D eigenvalue weighted by atomic mass is 16.3. The molecule has 0 radical (unpaired) electrons. The maximum atomic E-state index is 9.56. The summed E-state index contributed by atoms with van der Waals surface area (Å²) in [6.07, 6.45) is 0.692. The Labute approximate surface area is 109 Å². The molecule has 5 heteroatoms. The summed E-state index contributed by atoms with van der Waals surface area (Å²) >= 11 is 0. The number of H-pyrrole nitrogens is 1. The minimum atomic E-state index is -1.03. The molecule has 1 atom stereocenters. The largest absolute Gasteiger partial charge is 0.399 e. The third-order valence-electron chi connectivity index (χ3n) is 3.16. The molecule has 3 rings (SSSR count). The summed E-state index contributed by atoms with van der Waals surface area (Å²) in [5, 5.41) is 17.4. The Hall–Kier alpha value is -2.37. The van der Waals surface area contributed by atoms with E-state index in [4.69, 9.17) is 11.5 Å². The molecule has 0 aliphatic rings. The molecule has 0 saturated heterocycles. The number of benzene rings is 2. The van der Waals surface area contributed by atoms with Crippen LogP contribution in [0.25, 0.3) is 22.0 Å². The van der Waals surface area contributed by atoms with Gasteiger partial charge in [0.2, 0.25) is 0 Å². The van der Waals surface area contributed by atoms with E-state index in [1.54, 1.807) is 12.3 Å². The standard InChI is InChI=1S/C14H14N4O/c15-9-3-1-2-8(6-9)10-4-5-11(14(16)19)13-12(10)7-17-18-13/h1-7,14,19H,15-16H2,(H,17,18). The maximum Gasteiger partial charge on any atom is 0.130 e. The first-order valence-corrected chi connectivity index (χ1v) is 5.92. The minimum Gasteiger partial charge on any atom is -0.399 e. The molecular weight excluding hydrogens is 240 g/mol. The van der Waals surface area contributed by atoms with Crippen LogP contribution >= 0.6 is 0 Å². The number of nitrogen functional groups attached to an aromatic ring is 1. The van der Waals surface area contributed by atoms with Gasteiger partial charge < -0.3 is 16.6 Å². The van der Waals surface area contributed by atoms with Gasteiger partial charge in [-0.05, 0) is 23.3 Å². The van der Waals surface area contributed by atoms with Gasteiger partial charge in [0.15, 0.2) is 0 Å². The van der Waals surface area contributed by atoms with E-state index in [9.17, 15) is 5.11 Å². The number of aromatic nitrogens is 2. The van der Waals surface area contributed by atoms with E-state index in [1.807, 2.05) is 30.3 Å². The number of nitrogens with two attached hydrogens (primary N) is 2. The second kappa shape index (κ2) is 4.38. The number of nitrogens with zero attached hydrogens (tertiary/aromatic N) is 1. The van der Waals surface area contributed by atoms with Crippen molar-refractivity contribution in [2.75, 3.05) is 5.73 Å². The molecular formula is C14H14N4O. The molecule has 0 bridgehead atoms. The normalized spacial score (nSPS) is 12.7. The van der Waals surface area contributed by atoms with Crippen molar-refractivity contribution < 1.29 is 5.11 Å². The third kappa shape index (κ3) is 1.95. The van der Waals surface area contributed by atoms with E-state index >= 15 is 0 Å². The summed E-state index contributed by atoms with van der Waals surface area (Å²) in [6.45, 7) is 0. The predicted molar refractivity (Wildman–Crippen MR) is 75.1 cm³/mol. The Morgan fingerprint density at radius 1 is 1.21 bits per heavy atom. The first kappa shape index (κ1) is 11.7. The van der Waals surface area contributed by atoms with Crippen molar-refractivity contribution in [1.82, 2.24) is 10.2 Å². The van der Waals surface area contributed by atoms with Crippen molar-refractivity contribution >= 4 is 16.6 Å². The summed E-state index contributed by atoms with van der Waals surface area (Å²) in [5.74, 6) is 0. The van der Waals surface area contributed by atoms with Crippen molar-refractivity contribution in [3.8, 4) is 11.1 Å². The van der Waals surface area contributed by atoms with Crippen LogP contribution in [0.15, 0.2) is 42.6 Å². The lowest BCUT2D eigenvalue weighted by Gasteiger charge is -2.10. The average molecular weight is 254 g/mol. The number of aliphatic hydroxyl groups excluding tert-OH is 1. The number of hydrogen-bond donors (Lipinski definition) is 4.